The molecule has 0 bridgehead atoms. The average Bonchev–Trinajstić information content (AvgIpc) is 2.94. The van der Waals surface area contributed by atoms with Crippen LogP contribution in [0.5, 0.6) is 11.5 Å². The molecule has 1 unspecified atom stereocenters. The lowest BCUT2D eigenvalue weighted by atomic mass is 9.97. The fourth-order valence-electron chi connectivity index (χ4n) is 4.30. The Labute approximate surface area is 236 Å². The lowest BCUT2D eigenvalue weighted by Crippen LogP contribution is -2.07. The SMILES string of the molecule is O=C(O)CCCOc1cccc(CCCCCCOc2cc(-c3ccccn3)cc(S(=O)[O-])c2)c1CCC(=O)O. The maximum absolute atomic E-state index is 11.6. The summed E-state index contributed by atoms with van der Waals surface area (Å²) in [5.41, 5.74) is 3.24. The third kappa shape index (κ3) is 10.4. The standard InChI is InChI=1S/C30H35NO8S/c32-29(33)13-8-18-39-28-12-7-10-22(26(28)14-15-30(34)35)9-3-1-2-6-17-38-24-19-23(20-25(21-24)40(36)37)27-11-4-5-16-31-27/h4-5,7,10-12,16,19-21H,1-3,6,8-9,13-15,17-18H2,(H,32,33)(H,34,35)(H,36,37)/p-1. The third-order valence-corrected chi connectivity index (χ3v) is 6.87. The molecule has 2 N–H and O–H groups in total. The molecule has 9 nitrogen and oxygen atoms in total. The molecule has 0 fully saturated rings. The van der Waals surface area contributed by atoms with E-state index in [0.717, 1.165) is 43.2 Å². The highest BCUT2D eigenvalue weighted by Crippen LogP contribution is 2.28. The third-order valence-electron chi connectivity index (χ3n) is 6.25. The molecule has 0 aliphatic rings. The van der Waals surface area contributed by atoms with E-state index in [0.29, 0.717) is 42.2 Å². The highest BCUT2D eigenvalue weighted by Gasteiger charge is 2.12. The summed E-state index contributed by atoms with van der Waals surface area (Å²) in [6.45, 7) is 0.701. The smallest absolute Gasteiger partial charge is 0.303 e. The van der Waals surface area contributed by atoms with Gasteiger partial charge in [-0.05, 0) is 90.7 Å². The van der Waals surface area contributed by atoms with Gasteiger partial charge < -0.3 is 24.2 Å². The van der Waals surface area contributed by atoms with Gasteiger partial charge in [-0.25, -0.2) is 0 Å². The first kappa shape index (κ1) is 30.8. The zero-order valence-corrected chi connectivity index (χ0v) is 23.1. The van der Waals surface area contributed by atoms with E-state index in [1.54, 1.807) is 30.5 Å². The predicted octanol–water partition coefficient (Wildman–Crippen LogP) is 5.43. The van der Waals surface area contributed by atoms with Crippen LogP contribution in [0.2, 0.25) is 0 Å². The van der Waals surface area contributed by atoms with Gasteiger partial charge in [0.1, 0.15) is 11.5 Å². The lowest BCUT2D eigenvalue weighted by Gasteiger charge is -2.15. The molecule has 0 aliphatic heterocycles. The molecule has 0 spiro atoms. The Bertz CT molecular complexity index is 1280. The van der Waals surface area contributed by atoms with E-state index in [4.69, 9.17) is 14.6 Å². The maximum atomic E-state index is 11.6. The molecule has 2 aromatic carbocycles. The van der Waals surface area contributed by atoms with Crippen LogP contribution in [-0.4, -0.2) is 49.1 Å². The number of aliphatic carboxylic acids is 2. The minimum Gasteiger partial charge on any atom is -0.768 e. The Kier molecular flexibility index (Phi) is 12.6. The minimum atomic E-state index is -2.39. The number of hydrogen-bond acceptors (Lipinski definition) is 7. The van der Waals surface area contributed by atoms with Gasteiger partial charge in [0.2, 0.25) is 0 Å². The van der Waals surface area contributed by atoms with E-state index >= 15 is 0 Å². The van der Waals surface area contributed by atoms with Crippen LogP contribution < -0.4 is 9.47 Å². The van der Waals surface area contributed by atoms with E-state index < -0.39 is 23.0 Å². The molecular formula is C30H34NO8S-. The van der Waals surface area contributed by atoms with Crippen LogP contribution in [-0.2, 0) is 33.5 Å². The molecule has 0 amide bonds. The quantitative estimate of drug-likeness (QED) is 0.151. The second kappa shape index (κ2) is 16.4. The average molecular weight is 569 g/mol. The van der Waals surface area contributed by atoms with Gasteiger partial charge >= 0.3 is 11.9 Å². The van der Waals surface area contributed by atoms with Crippen LogP contribution in [0.4, 0.5) is 0 Å². The molecule has 1 heterocycles. The van der Waals surface area contributed by atoms with E-state index in [9.17, 15) is 23.5 Å². The molecule has 0 aliphatic carbocycles. The minimum absolute atomic E-state index is 0.0109. The second-order valence-electron chi connectivity index (χ2n) is 9.29. The summed E-state index contributed by atoms with van der Waals surface area (Å²) in [5.74, 6) is -0.671. The normalized spacial score (nSPS) is 11.6. The van der Waals surface area contributed by atoms with Crippen molar-refractivity contribution in [1.29, 1.82) is 0 Å². The first-order valence-electron chi connectivity index (χ1n) is 13.3. The van der Waals surface area contributed by atoms with Crippen molar-refractivity contribution in [2.75, 3.05) is 13.2 Å². The molecule has 0 radical (unpaired) electrons. The molecular weight excluding hydrogens is 534 g/mol. The maximum Gasteiger partial charge on any atom is 0.303 e. The number of carbonyl (C=O) groups is 2. The monoisotopic (exact) mass is 568 g/mol. The Morgan fingerprint density at radius 2 is 1.60 bits per heavy atom. The number of aryl methyl sites for hydroxylation is 1. The number of nitrogens with zero attached hydrogens (tertiary/aromatic N) is 1. The van der Waals surface area contributed by atoms with Gasteiger partial charge in [0.05, 0.1) is 18.9 Å². The number of carboxylic acid groups (broad SMARTS) is 2. The summed E-state index contributed by atoms with van der Waals surface area (Å²) >= 11 is -2.39. The molecule has 3 aromatic rings. The number of ether oxygens (including phenoxy) is 2. The topological polar surface area (TPSA) is 146 Å². The molecule has 10 heteroatoms. The largest absolute Gasteiger partial charge is 0.768 e. The Morgan fingerprint density at radius 3 is 2.33 bits per heavy atom. The molecule has 0 saturated carbocycles. The van der Waals surface area contributed by atoms with Crippen LogP contribution in [0.1, 0.15) is 56.1 Å². The van der Waals surface area contributed by atoms with Gasteiger partial charge in [0.25, 0.3) is 0 Å². The van der Waals surface area contributed by atoms with Crippen LogP contribution in [0.3, 0.4) is 0 Å². The van der Waals surface area contributed by atoms with Crippen LogP contribution in [0.25, 0.3) is 11.3 Å². The van der Waals surface area contributed by atoms with E-state index in [1.807, 2.05) is 24.3 Å². The number of carboxylic acids is 2. The van der Waals surface area contributed by atoms with E-state index in [-0.39, 0.29) is 24.3 Å². The molecule has 3 rings (SSSR count). The highest BCUT2D eigenvalue weighted by molar-refractivity contribution is 7.79. The first-order chi connectivity index (χ1) is 19.3. The van der Waals surface area contributed by atoms with Crippen molar-refractivity contribution in [1.82, 2.24) is 4.98 Å². The summed E-state index contributed by atoms with van der Waals surface area (Å²) in [4.78, 5) is 26.4. The second-order valence-corrected chi connectivity index (χ2v) is 10.2. The summed E-state index contributed by atoms with van der Waals surface area (Å²) in [5, 5.41) is 18.0. The van der Waals surface area contributed by atoms with Crippen LogP contribution in [0, 0.1) is 0 Å². The van der Waals surface area contributed by atoms with Gasteiger partial charge in [0.15, 0.2) is 0 Å². The van der Waals surface area contributed by atoms with Gasteiger partial charge in [0, 0.05) is 29.5 Å². The predicted molar refractivity (Wildman–Crippen MR) is 149 cm³/mol. The summed E-state index contributed by atoms with van der Waals surface area (Å²) in [6.07, 6.45) is 6.70. The van der Waals surface area contributed by atoms with E-state index in [2.05, 4.69) is 4.98 Å². The van der Waals surface area contributed by atoms with Gasteiger partial charge in [-0.3, -0.25) is 18.8 Å². The lowest BCUT2D eigenvalue weighted by molar-refractivity contribution is -0.138. The van der Waals surface area contributed by atoms with Crippen molar-refractivity contribution >= 4 is 23.0 Å². The number of pyridine rings is 1. The molecule has 40 heavy (non-hydrogen) atoms. The van der Waals surface area contributed by atoms with Crippen molar-refractivity contribution in [3.8, 4) is 22.8 Å². The van der Waals surface area contributed by atoms with Crippen LogP contribution in [0.15, 0.2) is 65.7 Å². The molecule has 1 atom stereocenters. The molecule has 1 aromatic heterocycles. The summed E-state index contributed by atoms with van der Waals surface area (Å²) in [6, 6.07) is 16.0. The number of hydrogen-bond donors (Lipinski definition) is 2. The first-order valence-corrected chi connectivity index (χ1v) is 14.4. The summed E-state index contributed by atoms with van der Waals surface area (Å²) in [7, 11) is 0. The van der Waals surface area contributed by atoms with Gasteiger partial charge in [-0.2, -0.15) is 0 Å². The van der Waals surface area contributed by atoms with Gasteiger partial charge in [-0.1, -0.05) is 31.0 Å². The Balaban J connectivity index is 1.49. The zero-order valence-electron chi connectivity index (χ0n) is 22.3. The molecule has 0 saturated heterocycles. The highest BCUT2D eigenvalue weighted by atomic mass is 32.2. The van der Waals surface area contributed by atoms with Crippen molar-refractivity contribution in [2.24, 2.45) is 0 Å². The van der Waals surface area contributed by atoms with Gasteiger partial charge in [-0.15, -0.1) is 0 Å². The van der Waals surface area contributed by atoms with E-state index in [1.165, 1.54) is 6.07 Å². The Hall–Kier alpha value is -3.76. The number of aromatic nitrogens is 1. The van der Waals surface area contributed by atoms with Crippen molar-refractivity contribution in [3.63, 3.8) is 0 Å². The Morgan fingerprint density at radius 1 is 0.825 bits per heavy atom. The fourth-order valence-corrected chi connectivity index (χ4v) is 4.73. The fraction of sp³-hybridized carbons (Fsp3) is 0.367. The van der Waals surface area contributed by atoms with Crippen molar-refractivity contribution in [3.05, 3.63) is 71.9 Å². The molecule has 214 valence electrons. The summed E-state index contributed by atoms with van der Waals surface area (Å²) < 4.78 is 34.8. The zero-order chi connectivity index (χ0) is 28.7. The van der Waals surface area contributed by atoms with Crippen LogP contribution >= 0.6 is 0 Å². The number of unbranched alkanes of at least 4 members (excludes halogenated alkanes) is 3. The van der Waals surface area contributed by atoms with Crippen molar-refractivity contribution in [2.45, 2.75) is 62.7 Å². The number of benzene rings is 2. The number of rotatable bonds is 18. The van der Waals surface area contributed by atoms with Crippen molar-refractivity contribution < 1.29 is 38.0 Å².